The molecule has 3 N–H and O–H groups in total. The molecule has 0 unspecified atom stereocenters. The summed E-state index contributed by atoms with van der Waals surface area (Å²) in [6.45, 7) is 5.02. The van der Waals surface area contributed by atoms with Crippen LogP contribution in [0.5, 0.6) is 0 Å². The van der Waals surface area contributed by atoms with Gasteiger partial charge in [-0.15, -0.1) is 0 Å². The third-order valence-electron chi connectivity index (χ3n) is 3.85. The molecule has 5 nitrogen and oxygen atoms in total. The van der Waals surface area contributed by atoms with Crippen molar-refractivity contribution < 1.29 is 10.0 Å². The quantitative estimate of drug-likeness (QED) is 0.420. The standard InChI is InChI=1S/C14H21N3O2/c18-14(16-19)7-4-10-17(11-8-15-9-12-17)13-5-2-1-3-6-13/h1-3,5-6,15H,4,7-12H2,(H-,16,18,19)/p+1. The van der Waals surface area contributed by atoms with Crippen LogP contribution in [0, 0.1) is 0 Å². The molecule has 1 aromatic carbocycles. The number of benzene rings is 1. The summed E-state index contributed by atoms with van der Waals surface area (Å²) >= 11 is 0. The smallest absolute Gasteiger partial charge is 0.243 e. The van der Waals surface area contributed by atoms with Gasteiger partial charge >= 0.3 is 0 Å². The Balaban J connectivity index is 2.05. The van der Waals surface area contributed by atoms with Gasteiger partial charge in [0, 0.05) is 25.9 Å². The van der Waals surface area contributed by atoms with E-state index >= 15 is 0 Å². The zero-order chi connectivity index (χ0) is 13.6. The van der Waals surface area contributed by atoms with Crippen molar-refractivity contribution in [2.45, 2.75) is 12.8 Å². The van der Waals surface area contributed by atoms with Crippen LogP contribution < -0.4 is 15.3 Å². The van der Waals surface area contributed by atoms with Crippen molar-refractivity contribution in [3.05, 3.63) is 30.3 Å². The molecule has 1 aliphatic rings. The van der Waals surface area contributed by atoms with Crippen LogP contribution in [0.1, 0.15) is 12.8 Å². The molecule has 1 fully saturated rings. The summed E-state index contributed by atoms with van der Waals surface area (Å²) in [5.41, 5.74) is 3.01. The van der Waals surface area contributed by atoms with Crippen molar-refractivity contribution in [3.63, 3.8) is 0 Å². The molecule has 0 radical (unpaired) electrons. The Kier molecular flexibility index (Phi) is 4.90. The first-order chi connectivity index (χ1) is 9.27. The molecule has 1 heterocycles. The number of para-hydroxylation sites is 1. The lowest BCUT2D eigenvalue weighted by atomic mass is 10.1. The first-order valence-corrected chi connectivity index (χ1v) is 6.82. The maximum absolute atomic E-state index is 11.1. The number of hydroxylamine groups is 1. The molecule has 0 aliphatic carbocycles. The van der Waals surface area contributed by atoms with Crippen molar-refractivity contribution in [2.75, 3.05) is 32.7 Å². The Morgan fingerprint density at radius 3 is 2.58 bits per heavy atom. The van der Waals surface area contributed by atoms with Crippen LogP contribution in [0.2, 0.25) is 0 Å². The monoisotopic (exact) mass is 264 g/mol. The number of carbonyl (C=O) groups excluding carboxylic acids is 1. The highest BCUT2D eigenvalue weighted by Crippen LogP contribution is 2.24. The van der Waals surface area contributed by atoms with Crippen molar-refractivity contribution >= 4 is 11.6 Å². The number of hydrogen-bond acceptors (Lipinski definition) is 3. The summed E-state index contributed by atoms with van der Waals surface area (Å²) in [6, 6.07) is 10.5. The lowest BCUT2D eigenvalue weighted by Gasteiger charge is -2.41. The zero-order valence-corrected chi connectivity index (χ0v) is 11.1. The molecule has 0 spiro atoms. The Labute approximate surface area is 113 Å². The number of hydrogen-bond donors (Lipinski definition) is 3. The van der Waals surface area contributed by atoms with Gasteiger partial charge in [0.15, 0.2) is 0 Å². The van der Waals surface area contributed by atoms with Crippen molar-refractivity contribution in [1.82, 2.24) is 15.3 Å². The van der Waals surface area contributed by atoms with E-state index in [1.807, 2.05) is 6.07 Å². The van der Waals surface area contributed by atoms with Gasteiger partial charge in [-0.1, -0.05) is 18.2 Å². The second-order valence-electron chi connectivity index (χ2n) is 5.04. The molecule has 2 rings (SSSR count). The summed E-state index contributed by atoms with van der Waals surface area (Å²) < 4.78 is 0.923. The van der Waals surface area contributed by atoms with E-state index in [0.29, 0.717) is 6.42 Å². The lowest BCUT2D eigenvalue weighted by molar-refractivity contribution is -0.129. The third kappa shape index (κ3) is 3.53. The average molecular weight is 264 g/mol. The number of nitrogens with one attached hydrogen (secondary N) is 2. The number of quaternary nitrogens is 1. The minimum atomic E-state index is -0.304. The average Bonchev–Trinajstić information content (AvgIpc) is 2.49. The Bertz CT molecular complexity index is 402. The van der Waals surface area contributed by atoms with Gasteiger partial charge in [-0.2, -0.15) is 0 Å². The highest BCUT2D eigenvalue weighted by atomic mass is 16.5. The number of piperazine rings is 1. The Morgan fingerprint density at radius 2 is 1.95 bits per heavy atom. The fourth-order valence-electron chi connectivity index (χ4n) is 2.78. The van der Waals surface area contributed by atoms with Gasteiger partial charge in [0.2, 0.25) is 5.91 Å². The van der Waals surface area contributed by atoms with Crippen LogP contribution in [-0.2, 0) is 4.79 Å². The highest BCUT2D eigenvalue weighted by molar-refractivity contribution is 5.74. The largest absolute Gasteiger partial charge is 0.306 e. The fourth-order valence-corrected chi connectivity index (χ4v) is 2.78. The van der Waals surface area contributed by atoms with Gasteiger partial charge in [-0.3, -0.25) is 14.5 Å². The van der Waals surface area contributed by atoms with E-state index in [2.05, 4.69) is 29.6 Å². The summed E-state index contributed by atoms with van der Waals surface area (Å²) in [7, 11) is 0. The molecule has 0 saturated carbocycles. The molecule has 19 heavy (non-hydrogen) atoms. The van der Waals surface area contributed by atoms with Gasteiger partial charge in [0.1, 0.15) is 5.69 Å². The second-order valence-corrected chi connectivity index (χ2v) is 5.04. The molecular formula is C14H22N3O2+. The van der Waals surface area contributed by atoms with Gasteiger partial charge in [-0.25, -0.2) is 5.48 Å². The number of rotatable bonds is 5. The van der Waals surface area contributed by atoms with E-state index in [-0.39, 0.29) is 5.91 Å². The molecule has 5 heteroatoms. The highest BCUT2D eigenvalue weighted by Gasteiger charge is 2.31. The topological polar surface area (TPSA) is 61.4 Å². The van der Waals surface area contributed by atoms with E-state index in [0.717, 1.165) is 43.6 Å². The SMILES string of the molecule is O=C(CCC[N+]1(c2ccccc2)CCNCC1)NO. The molecule has 0 bridgehead atoms. The summed E-state index contributed by atoms with van der Waals surface area (Å²) in [5, 5.41) is 11.9. The predicted molar refractivity (Wildman–Crippen MR) is 74.9 cm³/mol. The van der Waals surface area contributed by atoms with E-state index in [4.69, 9.17) is 5.21 Å². The number of nitrogens with zero attached hydrogens (tertiary/aromatic N) is 1. The van der Waals surface area contributed by atoms with Crippen LogP contribution >= 0.6 is 0 Å². The Hall–Kier alpha value is -1.43. The molecule has 104 valence electrons. The third-order valence-corrected chi connectivity index (χ3v) is 3.85. The maximum Gasteiger partial charge on any atom is 0.243 e. The first-order valence-electron chi connectivity index (χ1n) is 6.82. The second kappa shape index (κ2) is 6.65. The predicted octanol–water partition coefficient (Wildman–Crippen LogP) is 0.883. The molecule has 1 saturated heterocycles. The van der Waals surface area contributed by atoms with Crippen LogP contribution in [0.15, 0.2) is 30.3 Å². The van der Waals surface area contributed by atoms with E-state index in [1.54, 1.807) is 5.48 Å². The van der Waals surface area contributed by atoms with Gasteiger partial charge in [-0.05, 0) is 12.1 Å². The molecule has 0 atom stereocenters. The summed E-state index contributed by atoms with van der Waals surface area (Å²) in [5.74, 6) is -0.304. The van der Waals surface area contributed by atoms with E-state index < -0.39 is 0 Å². The maximum atomic E-state index is 11.1. The van der Waals surface area contributed by atoms with E-state index in [9.17, 15) is 4.79 Å². The molecule has 1 aromatic rings. The fraction of sp³-hybridized carbons (Fsp3) is 0.500. The number of carbonyl (C=O) groups is 1. The van der Waals surface area contributed by atoms with Crippen molar-refractivity contribution in [2.24, 2.45) is 0 Å². The lowest BCUT2D eigenvalue weighted by Crippen LogP contribution is -2.60. The van der Waals surface area contributed by atoms with Gasteiger partial charge < -0.3 is 5.32 Å². The molecule has 0 aromatic heterocycles. The van der Waals surface area contributed by atoms with E-state index in [1.165, 1.54) is 5.69 Å². The minimum Gasteiger partial charge on any atom is -0.306 e. The van der Waals surface area contributed by atoms with Crippen LogP contribution in [0.25, 0.3) is 0 Å². The minimum absolute atomic E-state index is 0.304. The van der Waals surface area contributed by atoms with Gasteiger partial charge in [0.05, 0.1) is 19.6 Å². The van der Waals surface area contributed by atoms with Gasteiger partial charge in [0.25, 0.3) is 0 Å². The summed E-state index contributed by atoms with van der Waals surface area (Å²) in [4.78, 5) is 11.1. The van der Waals surface area contributed by atoms with Crippen molar-refractivity contribution in [1.29, 1.82) is 0 Å². The molecular weight excluding hydrogens is 242 g/mol. The first kappa shape index (κ1) is 14.0. The zero-order valence-electron chi connectivity index (χ0n) is 11.1. The van der Waals surface area contributed by atoms with Crippen LogP contribution in [-0.4, -0.2) is 43.8 Å². The molecule has 1 amide bonds. The summed E-state index contributed by atoms with van der Waals surface area (Å²) in [6.07, 6.45) is 1.15. The normalized spacial score (nSPS) is 17.9. The Morgan fingerprint density at radius 1 is 1.26 bits per heavy atom. The van der Waals surface area contributed by atoms with Crippen LogP contribution in [0.4, 0.5) is 5.69 Å². The number of amides is 1. The van der Waals surface area contributed by atoms with Crippen LogP contribution in [0.3, 0.4) is 0 Å². The molecule has 1 aliphatic heterocycles. The van der Waals surface area contributed by atoms with Crippen molar-refractivity contribution in [3.8, 4) is 0 Å².